The van der Waals surface area contributed by atoms with E-state index in [1.807, 2.05) is 17.7 Å². The number of hydrogen-bond acceptors (Lipinski definition) is 5. The predicted molar refractivity (Wildman–Crippen MR) is 79.1 cm³/mol. The number of aryl methyl sites for hydroxylation is 1. The molecule has 1 amide bonds. The first-order valence-electron chi connectivity index (χ1n) is 6.24. The molecule has 0 spiro atoms. The van der Waals surface area contributed by atoms with Crippen molar-refractivity contribution in [1.82, 2.24) is 9.55 Å². The number of benzene rings is 1. The number of aromatic nitrogens is 2. The van der Waals surface area contributed by atoms with Gasteiger partial charge in [-0.05, 0) is 13.0 Å². The van der Waals surface area contributed by atoms with E-state index < -0.39 is 10.8 Å². The second kappa shape index (κ2) is 6.40. The summed E-state index contributed by atoms with van der Waals surface area (Å²) in [5.41, 5.74) is 5.70. The van der Waals surface area contributed by atoms with Gasteiger partial charge in [-0.25, -0.2) is 4.98 Å². The zero-order valence-corrected chi connectivity index (χ0v) is 12.2. The van der Waals surface area contributed by atoms with E-state index >= 15 is 0 Å². The van der Waals surface area contributed by atoms with Gasteiger partial charge < -0.3 is 10.3 Å². The SMILES string of the molecule is CCn1ccnc1SCc1ccc(C(N)=O)cc1[N+](=O)[O-]. The number of imidazole rings is 1. The second-order valence-electron chi connectivity index (χ2n) is 4.25. The molecule has 0 bridgehead atoms. The fourth-order valence-electron chi connectivity index (χ4n) is 1.83. The highest BCUT2D eigenvalue weighted by Gasteiger charge is 2.17. The van der Waals surface area contributed by atoms with E-state index in [-0.39, 0.29) is 11.3 Å². The molecule has 7 nitrogen and oxygen atoms in total. The number of hydrogen-bond donors (Lipinski definition) is 1. The molecule has 2 aromatic rings. The number of rotatable bonds is 6. The number of amides is 1. The molecule has 0 aliphatic carbocycles. The zero-order valence-electron chi connectivity index (χ0n) is 11.4. The van der Waals surface area contributed by atoms with Gasteiger partial charge in [-0.1, -0.05) is 17.8 Å². The molecule has 0 unspecified atom stereocenters. The fraction of sp³-hybridized carbons (Fsp3) is 0.231. The van der Waals surface area contributed by atoms with E-state index in [1.165, 1.54) is 23.9 Å². The monoisotopic (exact) mass is 306 g/mol. The largest absolute Gasteiger partial charge is 0.366 e. The summed E-state index contributed by atoms with van der Waals surface area (Å²) in [6, 6.07) is 4.27. The van der Waals surface area contributed by atoms with Crippen LogP contribution in [0.3, 0.4) is 0 Å². The summed E-state index contributed by atoms with van der Waals surface area (Å²) in [6.07, 6.45) is 3.55. The van der Waals surface area contributed by atoms with E-state index in [9.17, 15) is 14.9 Å². The molecule has 0 fully saturated rings. The number of carbonyl (C=O) groups excluding carboxylic acids is 1. The van der Waals surface area contributed by atoms with Gasteiger partial charge in [0.2, 0.25) is 5.91 Å². The van der Waals surface area contributed by atoms with Crippen molar-refractivity contribution >= 4 is 23.4 Å². The number of nitro groups is 1. The maximum Gasteiger partial charge on any atom is 0.274 e. The lowest BCUT2D eigenvalue weighted by Crippen LogP contribution is -2.11. The Hall–Kier alpha value is -2.35. The lowest BCUT2D eigenvalue weighted by atomic mass is 10.1. The first-order valence-corrected chi connectivity index (χ1v) is 7.22. The third kappa shape index (κ3) is 3.40. The van der Waals surface area contributed by atoms with Crippen molar-refractivity contribution in [2.75, 3.05) is 0 Å². The molecular formula is C13H14N4O3S. The van der Waals surface area contributed by atoms with Crippen molar-refractivity contribution in [3.8, 4) is 0 Å². The molecule has 0 saturated carbocycles. The molecule has 0 saturated heterocycles. The Balaban J connectivity index is 2.23. The van der Waals surface area contributed by atoms with Gasteiger partial charge in [-0.2, -0.15) is 0 Å². The smallest absolute Gasteiger partial charge is 0.274 e. The van der Waals surface area contributed by atoms with Crippen LogP contribution < -0.4 is 5.73 Å². The molecule has 1 aromatic heterocycles. The van der Waals surface area contributed by atoms with Crippen LogP contribution in [0.25, 0.3) is 0 Å². The highest BCUT2D eigenvalue weighted by molar-refractivity contribution is 7.98. The topological polar surface area (TPSA) is 104 Å². The van der Waals surface area contributed by atoms with Crippen LogP contribution in [0.1, 0.15) is 22.8 Å². The number of primary amides is 1. The standard InChI is InChI=1S/C13H14N4O3S/c1-2-16-6-5-15-13(16)21-8-10-4-3-9(12(14)18)7-11(10)17(19)20/h3-7H,2,8H2,1H3,(H2,14,18). The van der Waals surface area contributed by atoms with Crippen molar-refractivity contribution in [2.45, 2.75) is 24.4 Å². The Morgan fingerprint density at radius 2 is 2.29 bits per heavy atom. The molecule has 0 aliphatic heterocycles. The second-order valence-corrected chi connectivity index (χ2v) is 5.19. The lowest BCUT2D eigenvalue weighted by Gasteiger charge is -2.06. The van der Waals surface area contributed by atoms with Crippen molar-refractivity contribution in [3.63, 3.8) is 0 Å². The highest BCUT2D eigenvalue weighted by Crippen LogP contribution is 2.28. The Labute approximate surface area is 125 Å². The predicted octanol–water partition coefficient (Wildman–Crippen LogP) is 2.20. The normalized spacial score (nSPS) is 10.5. The average Bonchev–Trinajstić information content (AvgIpc) is 2.92. The quantitative estimate of drug-likeness (QED) is 0.500. The summed E-state index contributed by atoms with van der Waals surface area (Å²) in [6.45, 7) is 2.78. The summed E-state index contributed by atoms with van der Waals surface area (Å²) in [4.78, 5) is 25.9. The molecule has 0 radical (unpaired) electrons. The molecule has 1 aromatic carbocycles. The molecule has 110 valence electrons. The van der Waals surface area contributed by atoms with E-state index in [1.54, 1.807) is 12.3 Å². The van der Waals surface area contributed by atoms with Crippen LogP contribution in [-0.2, 0) is 12.3 Å². The Morgan fingerprint density at radius 3 is 2.90 bits per heavy atom. The number of carbonyl (C=O) groups is 1. The van der Waals surface area contributed by atoms with Crippen LogP contribution in [0.4, 0.5) is 5.69 Å². The number of nitro benzene ring substituents is 1. The molecule has 0 atom stereocenters. The van der Waals surface area contributed by atoms with Gasteiger partial charge in [-0.15, -0.1) is 0 Å². The summed E-state index contributed by atoms with van der Waals surface area (Å²) in [5, 5.41) is 11.9. The van der Waals surface area contributed by atoms with Gasteiger partial charge in [0.25, 0.3) is 5.69 Å². The third-order valence-corrected chi connectivity index (χ3v) is 3.99. The van der Waals surface area contributed by atoms with Crippen molar-refractivity contribution in [1.29, 1.82) is 0 Å². The number of nitrogens with zero attached hydrogens (tertiary/aromatic N) is 3. The van der Waals surface area contributed by atoms with Crippen LogP contribution in [0.2, 0.25) is 0 Å². The van der Waals surface area contributed by atoms with Crippen LogP contribution in [0.15, 0.2) is 35.7 Å². The lowest BCUT2D eigenvalue weighted by molar-refractivity contribution is -0.385. The minimum Gasteiger partial charge on any atom is -0.366 e. The van der Waals surface area contributed by atoms with Crippen molar-refractivity contribution in [3.05, 3.63) is 51.8 Å². The summed E-state index contributed by atoms with van der Waals surface area (Å²) >= 11 is 1.41. The average molecular weight is 306 g/mol. The van der Waals surface area contributed by atoms with Crippen LogP contribution in [0.5, 0.6) is 0 Å². The van der Waals surface area contributed by atoms with E-state index in [0.29, 0.717) is 11.3 Å². The maximum absolute atomic E-state index is 11.1. The Kier molecular flexibility index (Phi) is 4.59. The van der Waals surface area contributed by atoms with Gasteiger partial charge >= 0.3 is 0 Å². The minimum absolute atomic E-state index is 0.103. The molecular weight excluding hydrogens is 292 g/mol. The number of thioether (sulfide) groups is 1. The van der Waals surface area contributed by atoms with Crippen LogP contribution >= 0.6 is 11.8 Å². The Morgan fingerprint density at radius 1 is 1.52 bits per heavy atom. The van der Waals surface area contributed by atoms with Gasteiger partial charge in [-0.3, -0.25) is 14.9 Å². The summed E-state index contributed by atoms with van der Waals surface area (Å²) in [7, 11) is 0. The number of nitrogens with two attached hydrogens (primary N) is 1. The van der Waals surface area contributed by atoms with E-state index in [2.05, 4.69) is 4.98 Å². The fourth-order valence-corrected chi connectivity index (χ4v) is 2.85. The van der Waals surface area contributed by atoms with Crippen LogP contribution in [0, 0.1) is 10.1 Å². The van der Waals surface area contributed by atoms with Gasteiger partial charge in [0.1, 0.15) is 0 Å². The molecule has 2 rings (SSSR count). The van der Waals surface area contributed by atoms with Crippen LogP contribution in [-0.4, -0.2) is 20.4 Å². The maximum atomic E-state index is 11.1. The molecule has 0 aliphatic rings. The first-order chi connectivity index (χ1) is 10.0. The zero-order chi connectivity index (χ0) is 15.4. The summed E-state index contributed by atoms with van der Waals surface area (Å²) in [5.74, 6) is -0.286. The highest BCUT2D eigenvalue weighted by atomic mass is 32.2. The molecule has 8 heteroatoms. The van der Waals surface area contributed by atoms with Crippen molar-refractivity contribution < 1.29 is 9.72 Å². The third-order valence-electron chi connectivity index (χ3n) is 2.94. The molecule has 2 N–H and O–H groups in total. The molecule has 1 heterocycles. The Bertz CT molecular complexity index is 684. The summed E-state index contributed by atoms with van der Waals surface area (Å²) < 4.78 is 1.95. The van der Waals surface area contributed by atoms with Gasteiger partial charge in [0.15, 0.2) is 5.16 Å². The van der Waals surface area contributed by atoms with E-state index in [0.717, 1.165) is 11.7 Å². The first kappa shape index (κ1) is 15.0. The molecule has 21 heavy (non-hydrogen) atoms. The van der Waals surface area contributed by atoms with E-state index in [4.69, 9.17) is 5.73 Å². The minimum atomic E-state index is -0.682. The van der Waals surface area contributed by atoms with Gasteiger partial charge in [0, 0.05) is 41.9 Å². The van der Waals surface area contributed by atoms with Crippen molar-refractivity contribution in [2.24, 2.45) is 5.73 Å². The van der Waals surface area contributed by atoms with Gasteiger partial charge in [0.05, 0.1) is 4.92 Å².